The summed E-state index contributed by atoms with van der Waals surface area (Å²) in [5.41, 5.74) is 2.03. The van der Waals surface area contributed by atoms with Crippen molar-refractivity contribution >= 4 is 23.4 Å². The topological polar surface area (TPSA) is 102 Å². The number of aryl methyl sites for hydroxylation is 1. The van der Waals surface area contributed by atoms with Crippen LogP contribution in [-0.2, 0) is 41.5 Å². The van der Waals surface area contributed by atoms with Crippen LogP contribution in [0, 0.1) is 17.8 Å². The smallest absolute Gasteiger partial charge is 0.309 e. The Morgan fingerprint density at radius 3 is 2.12 bits per heavy atom. The van der Waals surface area contributed by atoms with Gasteiger partial charge in [-0.15, -0.1) is 0 Å². The zero-order chi connectivity index (χ0) is 31.0. The van der Waals surface area contributed by atoms with Crippen LogP contribution in [0.4, 0.5) is 0 Å². The van der Waals surface area contributed by atoms with Gasteiger partial charge >= 0.3 is 5.97 Å². The third-order valence-electron chi connectivity index (χ3n) is 7.78. The molecule has 2 aromatic rings. The van der Waals surface area contributed by atoms with Crippen molar-refractivity contribution in [2.24, 2.45) is 17.8 Å². The second-order valence-corrected chi connectivity index (χ2v) is 11.9. The SMILES string of the molecule is CCOC(=O)[C@@H](CC(=O)[C@H](CC(C)C)NC(=O)[C@H](CCc1ccccc1)CC(=O)CN1CCOCC1)Cc1ccccc1. The molecule has 0 aromatic heterocycles. The van der Waals surface area contributed by atoms with Crippen LogP contribution in [0.15, 0.2) is 60.7 Å². The van der Waals surface area contributed by atoms with E-state index in [-0.39, 0.29) is 49.4 Å². The first kappa shape index (κ1) is 34.1. The number of Topliss-reactive ketones (excluding diaryl/α,β-unsaturated/α-hetero) is 2. The van der Waals surface area contributed by atoms with E-state index in [2.05, 4.69) is 10.2 Å². The summed E-state index contributed by atoms with van der Waals surface area (Å²) in [6, 6.07) is 18.7. The van der Waals surface area contributed by atoms with Gasteiger partial charge in [-0.05, 0) is 49.7 Å². The van der Waals surface area contributed by atoms with Crippen LogP contribution in [0.3, 0.4) is 0 Å². The molecule has 1 aliphatic rings. The number of ether oxygens (including phenoxy) is 2. The number of morpholine rings is 1. The molecule has 3 atom stereocenters. The van der Waals surface area contributed by atoms with Crippen LogP contribution in [0.5, 0.6) is 0 Å². The van der Waals surface area contributed by atoms with Gasteiger partial charge in [0.15, 0.2) is 5.78 Å². The molecule has 43 heavy (non-hydrogen) atoms. The fourth-order valence-electron chi connectivity index (χ4n) is 5.47. The molecule has 1 fully saturated rings. The van der Waals surface area contributed by atoms with Crippen molar-refractivity contribution in [3.8, 4) is 0 Å². The highest BCUT2D eigenvalue weighted by molar-refractivity contribution is 5.93. The van der Waals surface area contributed by atoms with Gasteiger partial charge in [0.1, 0.15) is 5.78 Å². The predicted molar refractivity (Wildman–Crippen MR) is 166 cm³/mol. The second kappa shape index (κ2) is 18.3. The Labute approximate surface area is 256 Å². The maximum atomic E-state index is 13.8. The van der Waals surface area contributed by atoms with Gasteiger partial charge in [0.2, 0.25) is 5.91 Å². The maximum Gasteiger partial charge on any atom is 0.309 e. The van der Waals surface area contributed by atoms with Gasteiger partial charge in [0.25, 0.3) is 0 Å². The van der Waals surface area contributed by atoms with E-state index in [0.717, 1.165) is 11.1 Å². The number of rotatable bonds is 18. The van der Waals surface area contributed by atoms with Gasteiger partial charge in [-0.1, -0.05) is 74.5 Å². The van der Waals surface area contributed by atoms with Crippen LogP contribution in [0.1, 0.15) is 57.6 Å². The highest BCUT2D eigenvalue weighted by Gasteiger charge is 2.31. The predicted octanol–water partition coefficient (Wildman–Crippen LogP) is 4.44. The van der Waals surface area contributed by atoms with Crippen molar-refractivity contribution in [2.75, 3.05) is 39.5 Å². The van der Waals surface area contributed by atoms with Crippen molar-refractivity contribution in [1.82, 2.24) is 10.2 Å². The van der Waals surface area contributed by atoms with Crippen LogP contribution in [-0.4, -0.2) is 73.8 Å². The van der Waals surface area contributed by atoms with Gasteiger partial charge in [0, 0.05) is 31.8 Å². The van der Waals surface area contributed by atoms with E-state index in [9.17, 15) is 19.2 Å². The lowest BCUT2D eigenvalue weighted by molar-refractivity contribution is -0.149. The second-order valence-electron chi connectivity index (χ2n) is 11.9. The third kappa shape index (κ3) is 12.4. The molecule has 0 spiro atoms. The lowest BCUT2D eigenvalue weighted by Gasteiger charge is -2.27. The van der Waals surface area contributed by atoms with E-state index in [4.69, 9.17) is 9.47 Å². The molecular weight excluding hydrogens is 544 g/mol. The Bertz CT molecular complexity index is 1150. The molecule has 2 aromatic carbocycles. The summed E-state index contributed by atoms with van der Waals surface area (Å²) in [5, 5.41) is 3.01. The molecule has 1 amide bonds. The summed E-state index contributed by atoms with van der Waals surface area (Å²) < 4.78 is 10.7. The Balaban J connectivity index is 1.73. The van der Waals surface area contributed by atoms with E-state index in [1.54, 1.807) is 6.92 Å². The summed E-state index contributed by atoms with van der Waals surface area (Å²) >= 11 is 0. The molecule has 234 valence electrons. The molecule has 1 N–H and O–H groups in total. The maximum absolute atomic E-state index is 13.8. The third-order valence-corrected chi connectivity index (χ3v) is 7.78. The normalized spacial score (nSPS) is 15.8. The zero-order valence-electron chi connectivity index (χ0n) is 26.0. The largest absolute Gasteiger partial charge is 0.466 e. The lowest BCUT2D eigenvalue weighted by Crippen LogP contribution is -2.46. The number of hydrogen-bond donors (Lipinski definition) is 1. The van der Waals surface area contributed by atoms with E-state index in [0.29, 0.717) is 52.0 Å². The molecule has 0 bridgehead atoms. The van der Waals surface area contributed by atoms with Crippen LogP contribution < -0.4 is 5.32 Å². The number of amides is 1. The number of ketones is 2. The van der Waals surface area contributed by atoms with Crippen molar-refractivity contribution < 1.29 is 28.7 Å². The lowest BCUT2D eigenvalue weighted by atomic mass is 9.88. The molecule has 1 aliphatic heterocycles. The molecule has 0 saturated carbocycles. The molecule has 0 radical (unpaired) electrons. The minimum atomic E-state index is -0.756. The molecule has 3 rings (SSSR count). The summed E-state index contributed by atoms with van der Waals surface area (Å²) in [7, 11) is 0. The van der Waals surface area contributed by atoms with Crippen molar-refractivity contribution in [2.45, 2.75) is 65.3 Å². The number of nitrogens with one attached hydrogen (secondary N) is 1. The average Bonchev–Trinajstić information content (AvgIpc) is 3.00. The van der Waals surface area contributed by atoms with Gasteiger partial charge in [-0.3, -0.25) is 24.1 Å². The monoisotopic (exact) mass is 592 g/mol. The standard InChI is InChI=1S/C35H48N2O6/c1-4-43-35(41)30(22-28-13-9-6-10-14-28)24-33(39)32(21-26(2)3)36-34(40)29(16-15-27-11-7-5-8-12-27)23-31(38)25-37-17-19-42-20-18-37/h5-14,26,29-30,32H,4,15-25H2,1-3H3,(H,36,40)/t29-,30-,32+/m1/s1. The molecular formula is C35H48N2O6. The number of carbonyl (C=O) groups is 4. The zero-order valence-corrected chi connectivity index (χ0v) is 26.0. The molecule has 1 heterocycles. The van der Waals surface area contributed by atoms with Gasteiger partial charge in [-0.2, -0.15) is 0 Å². The van der Waals surface area contributed by atoms with Crippen LogP contribution >= 0.6 is 0 Å². The highest BCUT2D eigenvalue weighted by atomic mass is 16.5. The fourth-order valence-corrected chi connectivity index (χ4v) is 5.47. The van der Waals surface area contributed by atoms with Gasteiger partial charge in [0.05, 0.1) is 38.3 Å². The summed E-state index contributed by atoms with van der Waals surface area (Å²) in [6.07, 6.45) is 2.04. The van der Waals surface area contributed by atoms with E-state index >= 15 is 0 Å². The average molecular weight is 593 g/mol. The number of hydrogen-bond acceptors (Lipinski definition) is 7. The first-order valence-corrected chi connectivity index (χ1v) is 15.6. The summed E-state index contributed by atoms with van der Waals surface area (Å²) in [6.45, 7) is 8.85. The Hall–Kier alpha value is -3.36. The van der Waals surface area contributed by atoms with Gasteiger partial charge < -0.3 is 14.8 Å². The molecule has 8 heteroatoms. The minimum absolute atomic E-state index is 0.00656. The van der Waals surface area contributed by atoms with Gasteiger partial charge in [-0.25, -0.2) is 0 Å². The molecule has 1 saturated heterocycles. The first-order valence-electron chi connectivity index (χ1n) is 15.6. The van der Waals surface area contributed by atoms with E-state index in [1.807, 2.05) is 74.5 Å². The van der Waals surface area contributed by atoms with E-state index < -0.39 is 23.8 Å². The van der Waals surface area contributed by atoms with Crippen molar-refractivity contribution in [1.29, 1.82) is 0 Å². The highest BCUT2D eigenvalue weighted by Crippen LogP contribution is 2.20. The Morgan fingerprint density at radius 1 is 0.884 bits per heavy atom. The quantitative estimate of drug-likeness (QED) is 0.256. The molecule has 0 aliphatic carbocycles. The number of esters is 1. The van der Waals surface area contributed by atoms with Crippen molar-refractivity contribution in [3.05, 3.63) is 71.8 Å². The van der Waals surface area contributed by atoms with Crippen LogP contribution in [0.25, 0.3) is 0 Å². The first-order chi connectivity index (χ1) is 20.7. The summed E-state index contributed by atoms with van der Waals surface area (Å²) in [5.74, 6) is -1.98. The molecule has 0 unspecified atom stereocenters. The number of nitrogens with zero attached hydrogens (tertiary/aromatic N) is 1. The van der Waals surface area contributed by atoms with E-state index in [1.165, 1.54) is 0 Å². The Kier molecular flexibility index (Phi) is 14.6. The minimum Gasteiger partial charge on any atom is -0.466 e. The fraction of sp³-hybridized carbons (Fsp3) is 0.543. The number of benzene rings is 2. The summed E-state index contributed by atoms with van der Waals surface area (Å²) in [4.78, 5) is 55.5. The molecule has 8 nitrogen and oxygen atoms in total. The van der Waals surface area contributed by atoms with Crippen LogP contribution in [0.2, 0.25) is 0 Å². The Morgan fingerprint density at radius 2 is 1.51 bits per heavy atom. The van der Waals surface area contributed by atoms with Crippen molar-refractivity contribution in [3.63, 3.8) is 0 Å². The number of carbonyl (C=O) groups excluding carboxylic acids is 4.